The van der Waals surface area contributed by atoms with Crippen LogP contribution in [-0.2, 0) is 0 Å². The van der Waals surface area contributed by atoms with Gasteiger partial charge in [0.1, 0.15) is 0 Å². The van der Waals surface area contributed by atoms with Crippen molar-refractivity contribution in [3.05, 3.63) is 24.5 Å². The molecule has 1 aromatic heterocycles. The van der Waals surface area contributed by atoms with E-state index in [0.29, 0.717) is 0 Å². The summed E-state index contributed by atoms with van der Waals surface area (Å²) >= 11 is 0. The number of aromatic nitrogens is 1. The quantitative estimate of drug-likeness (QED) is 0.583. The summed E-state index contributed by atoms with van der Waals surface area (Å²) in [6.45, 7) is 12.0. The van der Waals surface area contributed by atoms with E-state index in [-0.39, 0.29) is 0 Å². The molecule has 11 heavy (non-hydrogen) atoms. The van der Waals surface area contributed by atoms with Gasteiger partial charge in [-0.1, -0.05) is 41.5 Å². The molecule has 1 rings (SSSR count). The Morgan fingerprint density at radius 1 is 0.636 bits per heavy atom. The van der Waals surface area contributed by atoms with Crippen LogP contribution in [0.5, 0.6) is 0 Å². The van der Waals surface area contributed by atoms with Gasteiger partial charge in [-0.25, -0.2) is 0 Å². The molecule has 1 N–H and O–H groups in total. The van der Waals surface area contributed by atoms with Crippen LogP contribution in [0.1, 0.15) is 41.5 Å². The van der Waals surface area contributed by atoms with Gasteiger partial charge >= 0.3 is 0 Å². The Morgan fingerprint density at radius 2 is 0.909 bits per heavy atom. The first kappa shape index (κ1) is 16.7. The first-order chi connectivity index (χ1) is 5.50. The second-order valence-electron chi connectivity index (χ2n) is 0.885. The average molecular weight is 157 g/mol. The zero-order valence-electron chi connectivity index (χ0n) is 8.81. The summed E-state index contributed by atoms with van der Waals surface area (Å²) in [4.78, 5) is 2.86. The van der Waals surface area contributed by atoms with Crippen molar-refractivity contribution in [3.8, 4) is 0 Å². The highest BCUT2D eigenvalue weighted by molar-refractivity contribution is 4.84. The SMILES string of the molecule is CC.CC.CC.c1cc[nH]c1. The van der Waals surface area contributed by atoms with Crippen LogP contribution < -0.4 is 0 Å². The fourth-order valence-corrected chi connectivity index (χ4v) is 0.278. The Kier molecular flexibility index (Phi) is 52.7. The second kappa shape index (κ2) is 34.7. The van der Waals surface area contributed by atoms with Crippen LogP contribution in [0, 0.1) is 0 Å². The first-order valence-electron chi connectivity index (χ1n) is 4.58. The summed E-state index contributed by atoms with van der Waals surface area (Å²) in [6, 6.07) is 3.89. The van der Waals surface area contributed by atoms with Crippen molar-refractivity contribution in [2.24, 2.45) is 0 Å². The van der Waals surface area contributed by atoms with Gasteiger partial charge in [0.05, 0.1) is 0 Å². The molecule has 0 spiro atoms. The second-order valence-corrected chi connectivity index (χ2v) is 0.885. The van der Waals surface area contributed by atoms with Crippen LogP contribution >= 0.6 is 0 Å². The summed E-state index contributed by atoms with van der Waals surface area (Å²) in [7, 11) is 0. The van der Waals surface area contributed by atoms with Crippen LogP contribution in [0.15, 0.2) is 24.5 Å². The van der Waals surface area contributed by atoms with E-state index in [0.717, 1.165) is 0 Å². The van der Waals surface area contributed by atoms with Gasteiger partial charge in [-0.05, 0) is 12.1 Å². The molecule has 0 atom stereocenters. The molecule has 0 fully saturated rings. The molecule has 0 aliphatic heterocycles. The van der Waals surface area contributed by atoms with Gasteiger partial charge in [0.15, 0.2) is 0 Å². The van der Waals surface area contributed by atoms with Crippen molar-refractivity contribution in [2.45, 2.75) is 41.5 Å². The van der Waals surface area contributed by atoms with Crippen molar-refractivity contribution in [1.29, 1.82) is 0 Å². The van der Waals surface area contributed by atoms with E-state index in [1.54, 1.807) is 0 Å². The lowest BCUT2D eigenvalue weighted by molar-refractivity contribution is 1.42. The lowest BCUT2D eigenvalue weighted by Crippen LogP contribution is -1.38. The molecule has 1 heterocycles. The molecular weight excluding hydrogens is 134 g/mol. The summed E-state index contributed by atoms with van der Waals surface area (Å²) in [6.07, 6.45) is 3.75. The Morgan fingerprint density at radius 3 is 1.00 bits per heavy atom. The Bertz CT molecular complexity index is 61.3. The Balaban J connectivity index is -0.0000000933. The van der Waals surface area contributed by atoms with Crippen LogP contribution in [0.4, 0.5) is 0 Å². The zero-order valence-corrected chi connectivity index (χ0v) is 8.81. The molecule has 68 valence electrons. The van der Waals surface area contributed by atoms with Crippen LogP contribution in [-0.4, -0.2) is 4.98 Å². The number of rotatable bonds is 0. The van der Waals surface area contributed by atoms with E-state index < -0.39 is 0 Å². The number of aromatic amines is 1. The molecule has 0 bridgehead atoms. The van der Waals surface area contributed by atoms with Crippen molar-refractivity contribution in [2.75, 3.05) is 0 Å². The van der Waals surface area contributed by atoms with Gasteiger partial charge < -0.3 is 4.98 Å². The molecule has 1 nitrogen and oxygen atoms in total. The normalized spacial score (nSPS) is 5.27. The number of hydrogen-bond donors (Lipinski definition) is 1. The summed E-state index contributed by atoms with van der Waals surface area (Å²) in [5.74, 6) is 0. The molecule has 0 unspecified atom stereocenters. The lowest BCUT2D eigenvalue weighted by atomic mass is 10.7. The highest BCUT2D eigenvalue weighted by Gasteiger charge is 1.55. The molecule has 0 saturated carbocycles. The molecule has 0 aliphatic rings. The molecule has 0 radical (unpaired) electrons. The van der Waals surface area contributed by atoms with E-state index in [2.05, 4.69) is 4.98 Å². The smallest absolute Gasteiger partial charge is 0.000496 e. The summed E-state index contributed by atoms with van der Waals surface area (Å²) < 4.78 is 0. The third-order valence-corrected chi connectivity index (χ3v) is 0.496. The van der Waals surface area contributed by atoms with Crippen molar-refractivity contribution < 1.29 is 0 Å². The predicted octanol–water partition coefficient (Wildman–Crippen LogP) is 4.09. The molecular formula is C10H23N. The van der Waals surface area contributed by atoms with Crippen molar-refractivity contribution in [3.63, 3.8) is 0 Å². The van der Waals surface area contributed by atoms with Crippen LogP contribution in [0.3, 0.4) is 0 Å². The molecule has 0 aromatic carbocycles. The maximum atomic E-state index is 2.86. The largest absolute Gasteiger partial charge is 0.368 e. The fourth-order valence-electron chi connectivity index (χ4n) is 0.278. The van der Waals surface area contributed by atoms with Crippen LogP contribution in [0.25, 0.3) is 0 Å². The fraction of sp³-hybridized carbons (Fsp3) is 0.600. The minimum atomic E-state index is 1.88. The lowest BCUT2D eigenvalue weighted by Gasteiger charge is -1.49. The van der Waals surface area contributed by atoms with E-state index >= 15 is 0 Å². The minimum Gasteiger partial charge on any atom is -0.368 e. The molecule has 0 saturated heterocycles. The third-order valence-electron chi connectivity index (χ3n) is 0.496. The van der Waals surface area contributed by atoms with Gasteiger partial charge in [-0.2, -0.15) is 0 Å². The zero-order chi connectivity index (χ0) is 9.54. The molecule has 1 heteroatoms. The number of H-pyrrole nitrogens is 1. The minimum absolute atomic E-state index is 1.88. The maximum Gasteiger partial charge on any atom is 0.000496 e. The van der Waals surface area contributed by atoms with Crippen molar-refractivity contribution >= 4 is 0 Å². The molecule has 0 aliphatic carbocycles. The van der Waals surface area contributed by atoms with Gasteiger partial charge in [-0.3, -0.25) is 0 Å². The van der Waals surface area contributed by atoms with Gasteiger partial charge in [0.25, 0.3) is 0 Å². The number of nitrogens with one attached hydrogen (secondary N) is 1. The monoisotopic (exact) mass is 157 g/mol. The Labute approximate surface area is 71.8 Å². The summed E-state index contributed by atoms with van der Waals surface area (Å²) in [5, 5.41) is 0. The highest BCUT2D eigenvalue weighted by Crippen LogP contribution is 1.72. The number of hydrogen-bond acceptors (Lipinski definition) is 0. The third kappa shape index (κ3) is 26.8. The molecule has 0 amide bonds. The Hall–Kier alpha value is -0.720. The first-order valence-corrected chi connectivity index (χ1v) is 4.58. The van der Waals surface area contributed by atoms with Gasteiger partial charge in [-0.15, -0.1) is 0 Å². The highest BCUT2D eigenvalue weighted by atomic mass is 14.6. The standard InChI is InChI=1S/C4H5N.3C2H6/c1-2-4-5-3-1;3*1-2/h1-5H;3*1-2H3. The van der Waals surface area contributed by atoms with Gasteiger partial charge in [0.2, 0.25) is 0 Å². The summed E-state index contributed by atoms with van der Waals surface area (Å²) in [5.41, 5.74) is 0. The molecule has 1 aromatic rings. The van der Waals surface area contributed by atoms with Crippen molar-refractivity contribution in [1.82, 2.24) is 4.98 Å². The predicted molar refractivity (Wildman–Crippen MR) is 54.8 cm³/mol. The van der Waals surface area contributed by atoms with E-state index in [4.69, 9.17) is 0 Å². The van der Waals surface area contributed by atoms with Gasteiger partial charge in [0, 0.05) is 12.4 Å². The average Bonchev–Trinajstić information content (AvgIpc) is 2.71. The topological polar surface area (TPSA) is 15.8 Å². The maximum absolute atomic E-state index is 2.86. The van der Waals surface area contributed by atoms with E-state index in [1.165, 1.54) is 0 Å². The van der Waals surface area contributed by atoms with Crippen LogP contribution in [0.2, 0.25) is 0 Å². The van der Waals surface area contributed by atoms with E-state index in [1.807, 2.05) is 66.1 Å². The van der Waals surface area contributed by atoms with E-state index in [9.17, 15) is 0 Å².